The van der Waals surface area contributed by atoms with Crippen LogP contribution in [-0.4, -0.2) is 12.2 Å². The quantitative estimate of drug-likeness (QED) is 0.559. The van der Waals surface area contributed by atoms with Crippen LogP contribution < -0.4 is 10.1 Å². The molecule has 0 radical (unpaired) electrons. The van der Waals surface area contributed by atoms with Gasteiger partial charge in [-0.1, -0.05) is 35.9 Å². The summed E-state index contributed by atoms with van der Waals surface area (Å²) in [7, 11) is 1.86. The molecule has 2 N–H and O–H groups in total. The van der Waals surface area contributed by atoms with E-state index >= 15 is 0 Å². The summed E-state index contributed by atoms with van der Waals surface area (Å²) in [5.41, 5.74) is 3.99. The largest absolute Gasteiger partial charge is 0.457 e. The zero-order chi connectivity index (χ0) is 20.3. The van der Waals surface area contributed by atoms with Gasteiger partial charge in [0.05, 0.1) is 0 Å². The van der Waals surface area contributed by atoms with Crippen molar-refractivity contribution in [3.63, 3.8) is 0 Å². The number of benzene rings is 3. The number of halogens is 2. The minimum Gasteiger partial charge on any atom is -0.457 e. The van der Waals surface area contributed by atoms with E-state index in [1.165, 1.54) is 12.1 Å². The van der Waals surface area contributed by atoms with Crippen molar-refractivity contribution < 1.29 is 14.2 Å². The van der Waals surface area contributed by atoms with Gasteiger partial charge in [0.2, 0.25) is 0 Å². The van der Waals surface area contributed by atoms with E-state index in [1.807, 2.05) is 45.2 Å². The summed E-state index contributed by atoms with van der Waals surface area (Å²) in [6.07, 6.45) is -0.949. The molecule has 3 nitrogen and oxygen atoms in total. The lowest BCUT2D eigenvalue weighted by Crippen LogP contribution is -2.08. The van der Waals surface area contributed by atoms with Crippen molar-refractivity contribution in [3.8, 4) is 11.5 Å². The van der Waals surface area contributed by atoms with Gasteiger partial charge in [0.1, 0.15) is 23.4 Å². The topological polar surface area (TPSA) is 41.5 Å². The van der Waals surface area contributed by atoms with E-state index in [9.17, 15) is 9.50 Å². The fourth-order valence-corrected chi connectivity index (χ4v) is 3.24. The van der Waals surface area contributed by atoms with Crippen LogP contribution in [0.3, 0.4) is 0 Å². The molecule has 3 aromatic carbocycles. The first-order valence-electron chi connectivity index (χ1n) is 9.05. The van der Waals surface area contributed by atoms with Gasteiger partial charge in [-0.2, -0.15) is 0 Å². The fraction of sp³-hybridized carbons (Fsp3) is 0.217. The van der Waals surface area contributed by atoms with Crippen molar-refractivity contribution in [2.75, 3.05) is 7.05 Å². The highest BCUT2D eigenvalue weighted by Gasteiger charge is 2.16. The minimum absolute atomic E-state index is 0.382. The van der Waals surface area contributed by atoms with Gasteiger partial charge in [-0.3, -0.25) is 0 Å². The molecule has 0 saturated heterocycles. The summed E-state index contributed by atoms with van der Waals surface area (Å²) in [4.78, 5) is 0. The highest BCUT2D eigenvalue weighted by molar-refractivity contribution is 6.31. The van der Waals surface area contributed by atoms with E-state index in [0.717, 1.165) is 16.7 Å². The first-order chi connectivity index (χ1) is 13.4. The number of hydrogen-bond donors (Lipinski definition) is 2. The molecule has 0 bridgehead atoms. The number of rotatable bonds is 6. The van der Waals surface area contributed by atoms with E-state index in [-0.39, 0.29) is 5.82 Å². The Morgan fingerprint density at radius 1 is 1.00 bits per heavy atom. The number of aliphatic hydroxyl groups excluding tert-OH is 1. The second kappa shape index (κ2) is 8.74. The number of hydrogen-bond acceptors (Lipinski definition) is 3. The Morgan fingerprint density at radius 3 is 2.46 bits per heavy atom. The first kappa shape index (κ1) is 20.3. The average molecular weight is 400 g/mol. The number of ether oxygens (including phenoxy) is 1. The molecule has 0 saturated carbocycles. The van der Waals surface area contributed by atoms with E-state index < -0.39 is 6.10 Å². The summed E-state index contributed by atoms with van der Waals surface area (Å²) in [5, 5.41) is 14.5. The Kier molecular flexibility index (Phi) is 6.35. The van der Waals surface area contributed by atoms with Crippen LogP contribution in [0.25, 0.3) is 0 Å². The van der Waals surface area contributed by atoms with Crippen molar-refractivity contribution in [1.29, 1.82) is 0 Å². The van der Waals surface area contributed by atoms with Gasteiger partial charge < -0.3 is 15.2 Å². The van der Waals surface area contributed by atoms with Crippen LogP contribution in [0.5, 0.6) is 11.5 Å². The highest BCUT2D eigenvalue weighted by Crippen LogP contribution is 2.34. The Balaban J connectivity index is 1.99. The van der Waals surface area contributed by atoms with E-state index in [4.69, 9.17) is 16.3 Å². The summed E-state index contributed by atoms with van der Waals surface area (Å²) >= 11 is 6.19. The Labute approximate surface area is 169 Å². The highest BCUT2D eigenvalue weighted by atomic mass is 35.5. The molecule has 3 aromatic rings. The molecule has 1 atom stereocenters. The van der Waals surface area contributed by atoms with Crippen LogP contribution in [0.1, 0.15) is 33.9 Å². The van der Waals surface area contributed by atoms with Gasteiger partial charge in [-0.15, -0.1) is 0 Å². The lowest BCUT2D eigenvalue weighted by atomic mass is 9.99. The van der Waals surface area contributed by atoms with Gasteiger partial charge in [0, 0.05) is 17.1 Å². The maximum Gasteiger partial charge on any atom is 0.132 e. The van der Waals surface area contributed by atoms with Crippen LogP contribution >= 0.6 is 11.6 Å². The van der Waals surface area contributed by atoms with Gasteiger partial charge in [-0.25, -0.2) is 4.39 Å². The molecule has 0 spiro atoms. The monoisotopic (exact) mass is 399 g/mol. The van der Waals surface area contributed by atoms with Crippen LogP contribution in [0.2, 0.25) is 5.02 Å². The third-order valence-electron chi connectivity index (χ3n) is 4.83. The lowest BCUT2D eigenvalue weighted by molar-refractivity contribution is 0.219. The third-order valence-corrected chi connectivity index (χ3v) is 5.24. The molecule has 0 aliphatic rings. The normalized spacial score (nSPS) is 12.1. The summed E-state index contributed by atoms with van der Waals surface area (Å²) in [5.74, 6) is 0.955. The first-order valence-corrected chi connectivity index (χ1v) is 9.43. The van der Waals surface area contributed by atoms with E-state index in [1.54, 1.807) is 18.2 Å². The van der Waals surface area contributed by atoms with Crippen molar-refractivity contribution in [2.45, 2.75) is 26.5 Å². The van der Waals surface area contributed by atoms with Crippen LogP contribution in [-0.2, 0) is 6.54 Å². The Hall–Kier alpha value is -2.40. The van der Waals surface area contributed by atoms with Gasteiger partial charge in [0.25, 0.3) is 0 Å². The zero-order valence-corrected chi connectivity index (χ0v) is 16.8. The molecule has 0 amide bonds. The van der Waals surface area contributed by atoms with Gasteiger partial charge in [-0.05, 0) is 73.5 Å². The van der Waals surface area contributed by atoms with Crippen molar-refractivity contribution in [1.82, 2.24) is 5.32 Å². The molecule has 0 aromatic heterocycles. The van der Waals surface area contributed by atoms with E-state index in [0.29, 0.717) is 34.2 Å². The zero-order valence-electron chi connectivity index (χ0n) is 16.1. The van der Waals surface area contributed by atoms with Crippen molar-refractivity contribution in [3.05, 3.63) is 93.3 Å². The predicted octanol–water partition coefficient (Wildman–Crippen LogP) is 5.69. The standard InChI is InChI=1S/C23H23ClFNO2/c1-14-15(2)21(10-9-20(14)24)28-22-12-17(7-8-18(22)13-26-3)23(27)16-5-4-6-19(25)11-16/h4-12,23,26-27H,13H2,1-3H3. The maximum absolute atomic E-state index is 13.5. The molecular weight excluding hydrogens is 377 g/mol. The number of aliphatic hydroxyl groups is 1. The van der Waals surface area contributed by atoms with Gasteiger partial charge in [0.15, 0.2) is 0 Å². The molecule has 28 heavy (non-hydrogen) atoms. The van der Waals surface area contributed by atoms with E-state index in [2.05, 4.69) is 5.32 Å². The molecule has 0 aliphatic heterocycles. The molecule has 1 unspecified atom stereocenters. The number of nitrogens with one attached hydrogen (secondary N) is 1. The van der Waals surface area contributed by atoms with Gasteiger partial charge >= 0.3 is 0 Å². The minimum atomic E-state index is -0.949. The molecule has 3 rings (SSSR count). The molecule has 0 heterocycles. The smallest absolute Gasteiger partial charge is 0.132 e. The van der Waals surface area contributed by atoms with Crippen LogP contribution in [0, 0.1) is 19.7 Å². The third kappa shape index (κ3) is 4.36. The van der Waals surface area contributed by atoms with Crippen molar-refractivity contribution in [2.24, 2.45) is 0 Å². The molecule has 0 aliphatic carbocycles. The van der Waals surface area contributed by atoms with Crippen LogP contribution in [0.15, 0.2) is 54.6 Å². The van der Waals surface area contributed by atoms with Crippen LogP contribution in [0.4, 0.5) is 4.39 Å². The molecule has 0 fully saturated rings. The van der Waals surface area contributed by atoms with Crippen molar-refractivity contribution >= 4 is 11.6 Å². The second-order valence-corrected chi connectivity index (χ2v) is 7.16. The molecule has 5 heteroatoms. The summed E-state index contributed by atoms with van der Waals surface area (Å²) in [6, 6.07) is 15.1. The Bertz CT molecular complexity index is 990. The maximum atomic E-state index is 13.5. The molecular formula is C23H23ClFNO2. The second-order valence-electron chi connectivity index (χ2n) is 6.75. The Morgan fingerprint density at radius 2 is 1.75 bits per heavy atom. The summed E-state index contributed by atoms with van der Waals surface area (Å²) < 4.78 is 19.7. The SMILES string of the molecule is CNCc1ccc(C(O)c2cccc(F)c2)cc1Oc1ccc(Cl)c(C)c1C. The fourth-order valence-electron chi connectivity index (χ4n) is 3.03. The average Bonchev–Trinajstić information content (AvgIpc) is 2.69. The lowest BCUT2D eigenvalue weighted by Gasteiger charge is -2.18. The predicted molar refractivity (Wildman–Crippen MR) is 111 cm³/mol. The molecule has 146 valence electrons. The summed E-state index contributed by atoms with van der Waals surface area (Å²) in [6.45, 7) is 4.51.